The topological polar surface area (TPSA) is 57.4 Å². The zero-order chi connectivity index (χ0) is 18.6. The van der Waals surface area contributed by atoms with Crippen molar-refractivity contribution in [1.82, 2.24) is 19.9 Å². The Morgan fingerprint density at radius 1 is 0.556 bits per heavy atom. The molecule has 0 unspecified atom stereocenters. The first kappa shape index (κ1) is 18.3. The number of H-pyrrole nitrogens is 2. The minimum atomic E-state index is -0.826. The van der Waals surface area contributed by atoms with Crippen molar-refractivity contribution in [2.24, 2.45) is 0 Å². The molecule has 0 aliphatic carbocycles. The molecule has 2 aliphatic rings. The van der Waals surface area contributed by atoms with Crippen molar-refractivity contribution in [3.63, 3.8) is 0 Å². The van der Waals surface area contributed by atoms with Crippen LogP contribution in [0.4, 0.5) is 0 Å². The molecule has 0 amide bonds. The molecule has 5 heterocycles. The predicted octanol–water partition coefficient (Wildman–Crippen LogP) is 5.65. The maximum absolute atomic E-state index is 4.93. The number of aromatic nitrogens is 4. The predicted molar refractivity (Wildman–Crippen MR) is 116 cm³/mol. The Hall–Kier alpha value is -2.02. The number of halogens is 2. The monoisotopic (exact) mass is 500 g/mol. The molecule has 2 N–H and O–H groups in total. The first-order chi connectivity index (χ1) is 13.2. The molecule has 0 atom stereocenters. The number of nitrogens with zero attached hydrogens (tertiary/aromatic N) is 2. The molecule has 5 rings (SSSR count). The van der Waals surface area contributed by atoms with Crippen molar-refractivity contribution >= 4 is 83.1 Å². The summed E-state index contributed by atoms with van der Waals surface area (Å²) in [6, 6.07) is 16.4. The zero-order valence-electron chi connectivity index (χ0n) is 14.1. The van der Waals surface area contributed by atoms with Gasteiger partial charge in [0.15, 0.2) is 0 Å². The summed E-state index contributed by atoms with van der Waals surface area (Å²) in [5.74, 6) is 0. The molecule has 2 radical (unpaired) electrons. The van der Waals surface area contributed by atoms with Gasteiger partial charge in [-0.25, -0.2) is 9.97 Å². The van der Waals surface area contributed by atoms with Gasteiger partial charge >= 0.3 is 36.7 Å². The van der Waals surface area contributed by atoms with Crippen molar-refractivity contribution < 1.29 is 0 Å². The Morgan fingerprint density at radius 3 is 1.07 bits per heavy atom. The Kier molecular flexibility index (Phi) is 5.66. The van der Waals surface area contributed by atoms with E-state index in [-0.39, 0.29) is 0 Å². The number of aromatic amines is 2. The van der Waals surface area contributed by atoms with Gasteiger partial charge in [0, 0.05) is 22.1 Å². The first-order valence-electron chi connectivity index (χ1n) is 8.22. The summed E-state index contributed by atoms with van der Waals surface area (Å²) in [5, 5.41) is 0. The molecule has 0 aromatic carbocycles. The molecule has 3 aromatic rings. The van der Waals surface area contributed by atoms with Gasteiger partial charge < -0.3 is 9.97 Å². The fraction of sp³-hybridized carbons (Fsp3) is 0. The van der Waals surface area contributed by atoms with Gasteiger partial charge in [-0.3, -0.25) is 0 Å². The molecule has 8 bridgehead atoms. The second-order valence-electron chi connectivity index (χ2n) is 5.98. The number of hydrogen-bond donors (Lipinski definition) is 2. The van der Waals surface area contributed by atoms with Gasteiger partial charge in [-0.2, -0.15) is 0 Å². The normalized spacial score (nSPS) is 11.9. The van der Waals surface area contributed by atoms with Crippen LogP contribution in [-0.2, 0) is 0 Å². The van der Waals surface area contributed by atoms with Crippen LogP contribution in [0.25, 0.3) is 46.4 Å². The van der Waals surface area contributed by atoms with Crippen LogP contribution in [0.15, 0.2) is 48.5 Å². The second kappa shape index (κ2) is 8.33. The fourth-order valence-corrected chi connectivity index (χ4v) is 2.94. The van der Waals surface area contributed by atoms with E-state index in [1.165, 1.54) is 0 Å². The van der Waals surface area contributed by atoms with Gasteiger partial charge in [0.25, 0.3) is 0 Å². The third kappa shape index (κ3) is 4.64. The molecule has 4 nitrogen and oxygen atoms in total. The average molecular weight is 500 g/mol. The SMILES string of the molecule is C1=Cc2cc3ccc(cc4nc(cc5ccc(cc1n2)[nH]5)C=C4)[nH]3.[Cl][Sn][Cl]. The van der Waals surface area contributed by atoms with Crippen LogP contribution in [0, 0.1) is 0 Å². The van der Waals surface area contributed by atoms with E-state index < -0.39 is 18.9 Å². The molecular weight excluding hydrogens is 486 g/mol. The maximum atomic E-state index is 4.93. The number of hydrogen-bond acceptors (Lipinski definition) is 2. The van der Waals surface area contributed by atoms with E-state index in [0.29, 0.717) is 0 Å². The van der Waals surface area contributed by atoms with Crippen LogP contribution < -0.4 is 0 Å². The van der Waals surface area contributed by atoms with Crippen LogP contribution in [0.3, 0.4) is 0 Å². The summed E-state index contributed by atoms with van der Waals surface area (Å²) < 4.78 is 0. The van der Waals surface area contributed by atoms with E-state index in [4.69, 9.17) is 17.8 Å². The van der Waals surface area contributed by atoms with E-state index in [1.54, 1.807) is 0 Å². The van der Waals surface area contributed by atoms with Gasteiger partial charge in [0.1, 0.15) is 0 Å². The van der Waals surface area contributed by atoms with Gasteiger partial charge in [0.2, 0.25) is 0 Å². The van der Waals surface area contributed by atoms with Gasteiger partial charge in [-0.05, 0) is 72.8 Å². The molecule has 0 saturated carbocycles. The van der Waals surface area contributed by atoms with E-state index in [0.717, 1.165) is 44.8 Å². The van der Waals surface area contributed by atoms with Gasteiger partial charge in [-0.15, -0.1) is 0 Å². The third-order valence-corrected chi connectivity index (χ3v) is 4.04. The fourth-order valence-electron chi connectivity index (χ4n) is 2.94. The van der Waals surface area contributed by atoms with Gasteiger partial charge in [-0.1, -0.05) is 0 Å². The number of rotatable bonds is 0. The van der Waals surface area contributed by atoms with Crippen LogP contribution in [0.5, 0.6) is 0 Å². The summed E-state index contributed by atoms with van der Waals surface area (Å²) in [6.45, 7) is 0. The summed E-state index contributed by atoms with van der Waals surface area (Å²) in [5.41, 5.74) is 7.86. The van der Waals surface area contributed by atoms with Crippen LogP contribution in [0.2, 0.25) is 0 Å². The molecule has 7 heteroatoms. The second-order valence-corrected chi connectivity index (χ2v) is 10.2. The van der Waals surface area contributed by atoms with E-state index in [2.05, 4.69) is 44.2 Å². The van der Waals surface area contributed by atoms with Crippen molar-refractivity contribution in [3.8, 4) is 0 Å². The third-order valence-electron chi connectivity index (χ3n) is 4.04. The molecule has 0 fully saturated rings. The molecule has 27 heavy (non-hydrogen) atoms. The quantitative estimate of drug-likeness (QED) is 0.270. The van der Waals surface area contributed by atoms with E-state index >= 15 is 0 Å². The molecule has 132 valence electrons. The van der Waals surface area contributed by atoms with Crippen LogP contribution in [-0.4, -0.2) is 38.8 Å². The minimum absolute atomic E-state index is 0.826. The number of nitrogens with one attached hydrogen (secondary N) is 2. The average Bonchev–Trinajstić information content (AvgIpc) is 3.41. The Balaban J connectivity index is 0.000000565. The Bertz CT molecular complexity index is 1020. The van der Waals surface area contributed by atoms with Crippen molar-refractivity contribution in [2.75, 3.05) is 0 Å². The van der Waals surface area contributed by atoms with Crippen molar-refractivity contribution in [2.45, 2.75) is 0 Å². The van der Waals surface area contributed by atoms with Gasteiger partial charge in [0.05, 0.1) is 22.8 Å². The molecule has 0 spiro atoms. The van der Waals surface area contributed by atoms with Crippen LogP contribution >= 0.6 is 17.8 Å². The van der Waals surface area contributed by atoms with Crippen LogP contribution in [0.1, 0.15) is 22.8 Å². The van der Waals surface area contributed by atoms with E-state index in [9.17, 15) is 0 Å². The van der Waals surface area contributed by atoms with Crippen molar-refractivity contribution in [1.29, 1.82) is 0 Å². The Labute approximate surface area is 173 Å². The summed E-state index contributed by atoms with van der Waals surface area (Å²) in [7, 11) is 9.87. The number of fused-ring (bicyclic) bond motifs is 8. The summed E-state index contributed by atoms with van der Waals surface area (Å²) in [4.78, 5) is 16.0. The standard InChI is InChI=1S/C20H14N4.2ClH.Sn/c1-2-14-10-16-5-6-18(23-16)12-20-8-7-19(24-20)11-17-4-3-15(22-17)9-13(1)21-14;;;/h1-12,21,24H;2*1H;/q;;;+2/p-2. The molecular formula is C20H14Cl2N4Sn. The molecule has 0 saturated heterocycles. The van der Waals surface area contributed by atoms with Crippen molar-refractivity contribution in [3.05, 3.63) is 71.3 Å². The summed E-state index contributed by atoms with van der Waals surface area (Å²) in [6.07, 6.45) is 8.09. The Morgan fingerprint density at radius 2 is 0.815 bits per heavy atom. The first-order valence-corrected chi connectivity index (χ1v) is 15.5. The summed E-state index contributed by atoms with van der Waals surface area (Å²) >= 11 is -0.826. The molecule has 2 aliphatic heterocycles. The molecule has 3 aromatic heterocycles. The van der Waals surface area contributed by atoms with E-state index in [1.807, 2.05) is 48.6 Å². The zero-order valence-corrected chi connectivity index (χ0v) is 18.4.